The molecule has 96 valence electrons. The zero-order valence-corrected chi connectivity index (χ0v) is 11.2. The number of aromatic nitrogens is 1. The molecule has 4 nitrogen and oxygen atoms in total. The average Bonchev–Trinajstić information content (AvgIpc) is 2.75. The molecule has 0 spiro atoms. The molecule has 1 unspecified atom stereocenters. The molecule has 0 bridgehead atoms. The fourth-order valence-electron chi connectivity index (χ4n) is 1.70. The number of unbranched alkanes of at least 4 members (excludes halogenated alkanes) is 1. The van der Waals surface area contributed by atoms with Crippen molar-refractivity contribution in [3.8, 4) is 0 Å². The monoisotopic (exact) mass is 256 g/mol. The Morgan fingerprint density at radius 2 is 2.24 bits per heavy atom. The van der Waals surface area contributed by atoms with Gasteiger partial charge in [0.05, 0.1) is 6.20 Å². The minimum atomic E-state index is -0.906. The topological polar surface area (TPSA) is 62.2 Å². The maximum Gasteiger partial charge on any atom is 0.347 e. The molecule has 0 aromatic carbocycles. The van der Waals surface area contributed by atoms with Gasteiger partial charge in [0.15, 0.2) is 5.13 Å². The van der Waals surface area contributed by atoms with Gasteiger partial charge >= 0.3 is 5.97 Å². The number of hydrogen-bond donors (Lipinski definition) is 2. The van der Waals surface area contributed by atoms with Crippen molar-refractivity contribution < 1.29 is 9.90 Å². The molecule has 17 heavy (non-hydrogen) atoms. The quantitative estimate of drug-likeness (QED) is 0.745. The van der Waals surface area contributed by atoms with E-state index < -0.39 is 5.97 Å². The van der Waals surface area contributed by atoms with Crippen LogP contribution in [0.4, 0.5) is 5.13 Å². The number of aromatic carboxylic acids is 1. The van der Waals surface area contributed by atoms with E-state index in [0.717, 1.165) is 24.4 Å². The first-order chi connectivity index (χ1) is 8.17. The number of anilines is 1. The number of carboxylic acids is 1. The second-order valence-electron chi connectivity index (χ2n) is 4.11. The van der Waals surface area contributed by atoms with Crippen LogP contribution < -0.4 is 5.32 Å². The predicted octanol–water partition coefficient (Wildman–Crippen LogP) is 3.61. The molecular formula is C12H20N2O2S. The van der Waals surface area contributed by atoms with Gasteiger partial charge in [-0.25, -0.2) is 9.78 Å². The Morgan fingerprint density at radius 3 is 2.76 bits per heavy atom. The second-order valence-corrected chi connectivity index (χ2v) is 5.14. The number of carbonyl (C=O) groups is 1. The summed E-state index contributed by atoms with van der Waals surface area (Å²) in [5, 5.41) is 12.9. The first-order valence-electron chi connectivity index (χ1n) is 6.13. The van der Waals surface area contributed by atoms with E-state index in [1.54, 1.807) is 0 Å². The maximum atomic E-state index is 10.7. The van der Waals surface area contributed by atoms with Crippen LogP contribution in [0.2, 0.25) is 0 Å². The lowest BCUT2D eigenvalue weighted by Gasteiger charge is -2.16. The van der Waals surface area contributed by atoms with Crippen molar-refractivity contribution in [1.82, 2.24) is 4.98 Å². The molecule has 1 rings (SSSR count). The van der Waals surface area contributed by atoms with E-state index in [0.29, 0.717) is 10.9 Å². The summed E-state index contributed by atoms with van der Waals surface area (Å²) in [6.07, 6.45) is 7.12. The summed E-state index contributed by atoms with van der Waals surface area (Å²) in [5.41, 5.74) is 0. The molecule has 0 amide bonds. The summed E-state index contributed by atoms with van der Waals surface area (Å²) in [4.78, 5) is 15.1. The largest absolute Gasteiger partial charge is 0.477 e. The molecule has 1 aromatic rings. The van der Waals surface area contributed by atoms with Gasteiger partial charge in [0.1, 0.15) is 4.88 Å². The Labute approximate surface area is 106 Å². The number of thiazole rings is 1. The third-order valence-electron chi connectivity index (χ3n) is 2.59. The molecule has 0 aliphatic carbocycles. The molecule has 1 atom stereocenters. The first kappa shape index (κ1) is 14.0. The number of rotatable bonds is 8. The van der Waals surface area contributed by atoms with E-state index in [1.165, 1.54) is 30.4 Å². The Morgan fingerprint density at radius 1 is 1.47 bits per heavy atom. The fourth-order valence-corrected chi connectivity index (χ4v) is 2.43. The third kappa shape index (κ3) is 4.73. The molecule has 0 fully saturated rings. The summed E-state index contributed by atoms with van der Waals surface area (Å²) >= 11 is 1.21. The van der Waals surface area contributed by atoms with Crippen molar-refractivity contribution in [3.05, 3.63) is 11.1 Å². The van der Waals surface area contributed by atoms with Gasteiger partial charge in [-0.15, -0.1) is 0 Å². The summed E-state index contributed by atoms with van der Waals surface area (Å²) in [6, 6.07) is 0.410. The van der Waals surface area contributed by atoms with Crippen LogP contribution in [0, 0.1) is 0 Å². The highest BCUT2D eigenvalue weighted by Crippen LogP contribution is 2.21. The molecule has 0 aliphatic heterocycles. The SMILES string of the molecule is CCCCC(CCC)Nc1ncc(C(=O)O)s1. The van der Waals surface area contributed by atoms with Crippen LogP contribution in [-0.4, -0.2) is 22.1 Å². The van der Waals surface area contributed by atoms with Crippen LogP contribution in [0.15, 0.2) is 6.20 Å². The zero-order valence-electron chi connectivity index (χ0n) is 10.4. The van der Waals surface area contributed by atoms with Crippen LogP contribution in [0.3, 0.4) is 0 Å². The molecule has 5 heteroatoms. The van der Waals surface area contributed by atoms with Crippen LogP contribution >= 0.6 is 11.3 Å². The van der Waals surface area contributed by atoms with Gasteiger partial charge in [-0.1, -0.05) is 44.4 Å². The van der Waals surface area contributed by atoms with E-state index in [4.69, 9.17) is 5.11 Å². The normalized spacial score (nSPS) is 12.4. The Balaban J connectivity index is 2.55. The lowest BCUT2D eigenvalue weighted by Crippen LogP contribution is -2.18. The molecule has 0 saturated carbocycles. The number of hydrogen-bond acceptors (Lipinski definition) is 4. The van der Waals surface area contributed by atoms with Crippen molar-refractivity contribution in [1.29, 1.82) is 0 Å². The van der Waals surface area contributed by atoms with E-state index >= 15 is 0 Å². The molecule has 1 aromatic heterocycles. The highest BCUT2D eigenvalue weighted by molar-refractivity contribution is 7.17. The zero-order chi connectivity index (χ0) is 12.7. The van der Waals surface area contributed by atoms with E-state index in [1.807, 2.05) is 0 Å². The van der Waals surface area contributed by atoms with Gasteiger partial charge in [0, 0.05) is 6.04 Å². The van der Waals surface area contributed by atoms with Crippen molar-refractivity contribution in [2.75, 3.05) is 5.32 Å². The van der Waals surface area contributed by atoms with Crippen molar-refractivity contribution in [3.63, 3.8) is 0 Å². The van der Waals surface area contributed by atoms with Crippen LogP contribution in [-0.2, 0) is 0 Å². The summed E-state index contributed by atoms with van der Waals surface area (Å²) in [6.45, 7) is 4.33. The third-order valence-corrected chi connectivity index (χ3v) is 3.50. The first-order valence-corrected chi connectivity index (χ1v) is 6.94. The molecule has 1 heterocycles. The smallest absolute Gasteiger partial charge is 0.347 e. The Hall–Kier alpha value is -1.10. The van der Waals surface area contributed by atoms with E-state index in [-0.39, 0.29) is 0 Å². The molecule has 0 saturated heterocycles. The fraction of sp³-hybridized carbons (Fsp3) is 0.667. The highest BCUT2D eigenvalue weighted by atomic mass is 32.1. The summed E-state index contributed by atoms with van der Waals surface area (Å²) < 4.78 is 0. The minimum Gasteiger partial charge on any atom is -0.477 e. The van der Waals surface area contributed by atoms with Crippen LogP contribution in [0.5, 0.6) is 0 Å². The maximum absolute atomic E-state index is 10.7. The van der Waals surface area contributed by atoms with Gasteiger partial charge in [0.2, 0.25) is 0 Å². The molecule has 0 aliphatic rings. The van der Waals surface area contributed by atoms with Gasteiger partial charge in [0.25, 0.3) is 0 Å². The minimum absolute atomic E-state index is 0.290. The number of nitrogens with one attached hydrogen (secondary N) is 1. The van der Waals surface area contributed by atoms with E-state index in [2.05, 4.69) is 24.1 Å². The van der Waals surface area contributed by atoms with Gasteiger partial charge in [-0.3, -0.25) is 0 Å². The van der Waals surface area contributed by atoms with Gasteiger partial charge < -0.3 is 10.4 Å². The molecule has 0 radical (unpaired) electrons. The van der Waals surface area contributed by atoms with Crippen molar-refractivity contribution >= 4 is 22.4 Å². The Bertz CT molecular complexity index is 352. The predicted molar refractivity (Wildman–Crippen MR) is 70.9 cm³/mol. The number of carboxylic acid groups (broad SMARTS) is 1. The van der Waals surface area contributed by atoms with Crippen LogP contribution in [0.25, 0.3) is 0 Å². The van der Waals surface area contributed by atoms with E-state index in [9.17, 15) is 4.79 Å². The average molecular weight is 256 g/mol. The summed E-state index contributed by atoms with van der Waals surface area (Å²) in [7, 11) is 0. The highest BCUT2D eigenvalue weighted by Gasteiger charge is 2.12. The summed E-state index contributed by atoms with van der Waals surface area (Å²) in [5.74, 6) is -0.906. The molecule has 2 N–H and O–H groups in total. The van der Waals surface area contributed by atoms with Crippen molar-refractivity contribution in [2.45, 2.75) is 52.0 Å². The van der Waals surface area contributed by atoms with Crippen LogP contribution in [0.1, 0.15) is 55.6 Å². The van der Waals surface area contributed by atoms with Gasteiger partial charge in [-0.2, -0.15) is 0 Å². The standard InChI is InChI=1S/C12H20N2O2S/c1-3-5-7-9(6-4-2)14-12-13-8-10(17-12)11(15)16/h8-9H,3-7H2,1-2H3,(H,13,14)(H,15,16). The Kier molecular flexibility index (Phi) is 5.97. The van der Waals surface area contributed by atoms with Gasteiger partial charge in [-0.05, 0) is 12.8 Å². The lowest BCUT2D eigenvalue weighted by molar-refractivity contribution is 0.0702. The molecular weight excluding hydrogens is 236 g/mol. The van der Waals surface area contributed by atoms with Crippen molar-refractivity contribution in [2.24, 2.45) is 0 Å². The lowest BCUT2D eigenvalue weighted by atomic mass is 10.1. The second kappa shape index (κ2) is 7.27. The number of nitrogens with zero attached hydrogens (tertiary/aromatic N) is 1.